The quantitative estimate of drug-likeness (QED) is 0.269. The molecular formula is C33H56O4. The van der Waals surface area contributed by atoms with E-state index in [1.54, 1.807) is 5.57 Å². The number of fused-ring (bicyclic) bond motifs is 1. The molecule has 4 aliphatic rings. The Morgan fingerprint density at radius 3 is 2.43 bits per heavy atom. The second-order valence-corrected chi connectivity index (χ2v) is 13.1. The number of allylic oxidation sites excluding steroid dienone is 3. The van der Waals surface area contributed by atoms with E-state index >= 15 is 0 Å². The van der Waals surface area contributed by atoms with Crippen LogP contribution in [0.4, 0.5) is 0 Å². The summed E-state index contributed by atoms with van der Waals surface area (Å²) < 4.78 is 18.7. The monoisotopic (exact) mass is 516 g/mol. The van der Waals surface area contributed by atoms with Crippen molar-refractivity contribution < 1.29 is 19.3 Å². The van der Waals surface area contributed by atoms with Crippen molar-refractivity contribution in [2.75, 3.05) is 20.3 Å². The molecule has 0 saturated heterocycles. The second kappa shape index (κ2) is 12.2. The lowest BCUT2D eigenvalue weighted by atomic mass is 9.62. The summed E-state index contributed by atoms with van der Waals surface area (Å²) in [5, 5.41) is 10.6. The van der Waals surface area contributed by atoms with Gasteiger partial charge in [-0.15, -0.1) is 0 Å². The molecule has 37 heavy (non-hydrogen) atoms. The summed E-state index contributed by atoms with van der Waals surface area (Å²) in [7, 11) is 1.89. The number of hydrogen-bond donors (Lipinski definition) is 1. The third-order valence-electron chi connectivity index (χ3n) is 11.3. The van der Waals surface area contributed by atoms with E-state index in [4.69, 9.17) is 14.2 Å². The van der Waals surface area contributed by atoms with E-state index in [1.807, 2.05) is 7.11 Å². The van der Waals surface area contributed by atoms with Crippen molar-refractivity contribution >= 4 is 0 Å². The second-order valence-electron chi connectivity index (χ2n) is 13.1. The van der Waals surface area contributed by atoms with Crippen LogP contribution in [0.5, 0.6) is 0 Å². The molecule has 1 spiro atoms. The number of aliphatic hydroxyl groups is 1. The van der Waals surface area contributed by atoms with Crippen molar-refractivity contribution in [3.8, 4) is 0 Å². The van der Waals surface area contributed by atoms with Crippen LogP contribution in [-0.2, 0) is 14.2 Å². The highest BCUT2D eigenvalue weighted by molar-refractivity contribution is 5.28. The van der Waals surface area contributed by atoms with Crippen molar-refractivity contribution in [1.29, 1.82) is 0 Å². The zero-order valence-corrected chi connectivity index (χ0v) is 24.8. The Hall–Kier alpha value is -0.680. The highest BCUT2D eigenvalue weighted by atomic mass is 16.5. The minimum absolute atomic E-state index is 0.277. The van der Waals surface area contributed by atoms with Gasteiger partial charge in [0.2, 0.25) is 0 Å². The maximum atomic E-state index is 10.6. The topological polar surface area (TPSA) is 47.9 Å². The van der Waals surface area contributed by atoms with E-state index in [9.17, 15) is 5.11 Å². The van der Waals surface area contributed by atoms with Crippen LogP contribution in [0.3, 0.4) is 0 Å². The molecular weight excluding hydrogens is 460 g/mol. The van der Waals surface area contributed by atoms with E-state index in [2.05, 4.69) is 46.8 Å². The van der Waals surface area contributed by atoms with Crippen LogP contribution in [-0.4, -0.2) is 49.3 Å². The molecule has 4 rings (SSSR count). The zero-order chi connectivity index (χ0) is 26.7. The molecule has 0 heterocycles. The van der Waals surface area contributed by atoms with Crippen LogP contribution in [0, 0.1) is 22.7 Å². The first kappa shape index (κ1) is 29.3. The van der Waals surface area contributed by atoms with Crippen molar-refractivity contribution in [1.82, 2.24) is 0 Å². The smallest absolute Gasteiger partial charge is 0.0693 e. The van der Waals surface area contributed by atoms with Gasteiger partial charge in [-0.1, -0.05) is 44.1 Å². The van der Waals surface area contributed by atoms with Crippen LogP contribution >= 0.6 is 0 Å². The van der Waals surface area contributed by atoms with Gasteiger partial charge in [-0.05, 0) is 115 Å². The van der Waals surface area contributed by atoms with Crippen LogP contribution < -0.4 is 0 Å². The molecule has 6 unspecified atom stereocenters. The number of methoxy groups -OCH3 is 1. The minimum Gasteiger partial charge on any atom is -0.390 e. The average Bonchev–Trinajstić information content (AvgIpc) is 3.61. The van der Waals surface area contributed by atoms with Gasteiger partial charge >= 0.3 is 0 Å². The van der Waals surface area contributed by atoms with Crippen LogP contribution in [0.15, 0.2) is 23.3 Å². The first-order valence-corrected chi connectivity index (χ1v) is 15.6. The highest BCUT2D eigenvalue weighted by Crippen LogP contribution is 2.60. The van der Waals surface area contributed by atoms with Crippen molar-refractivity contribution in [3.63, 3.8) is 0 Å². The fourth-order valence-electron chi connectivity index (χ4n) is 8.51. The Kier molecular flexibility index (Phi) is 9.69. The van der Waals surface area contributed by atoms with Crippen LogP contribution in [0.25, 0.3) is 0 Å². The van der Waals surface area contributed by atoms with E-state index in [1.165, 1.54) is 50.5 Å². The fourth-order valence-corrected chi connectivity index (χ4v) is 8.51. The molecule has 4 saturated carbocycles. The fraction of sp³-hybridized carbons (Fsp3) is 0.879. The summed E-state index contributed by atoms with van der Waals surface area (Å²) in [5.74, 6) is 1.30. The lowest BCUT2D eigenvalue weighted by molar-refractivity contribution is -0.0763. The Morgan fingerprint density at radius 2 is 1.78 bits per heavy atom. The number of hydrogen-bond acceptors (Lipinski definition) is 4. The van der Waals surface area contributed by atoms with Gasteiger partial charge in [0.15, 0.2) is 0 Å². The molecule has 0 amide bonds. The minimum atomic E-state index is -0.516. The standard InChI is InChI=1S/C33H56O4/c1-7-32(34,8-2)18-11-21-37-24(4)27-15-16-28-26(12-10-17-31(27,28)5)14-13-25-22-29(35-6)33(19-20-33)30(23-25)36-9-3/h13-14,24,27-30,34H,7-12,15-23H2,1-6H3. The summed E-state index contributed by atoms with van der Waals surface area (Å²) in [6.45, 7) is 12.7. The first-order chi connectivity index (χ1) is 17.7. The molecule has 4 aliphatic carbocycles. The van der Waals surface area contributed by atoms with Gasteiger partial charge < -0.3 is 19.3 Å². The molecule has 0 aromatic rings. The molecule has 0 radical (unpaired) electrons. The van der Waals surface area contributed by atoms with Crippen LogP contribution in [0.1, 0.15) is 118 Å². The Bertz CT molecular complexity index is 807. The molecule has 4 heteroatoms. The summed E-state index contributed by atoms with van der Waals surface area (Å²) in [5.41, 5.74) is 3.27. The lowest BCUT2D eigenvalue weighted by Crippen LogP contribution is -2.41. The summed E-state index contributed by atoms with van der Waals surface area (Å²) in [6.07, 6.45) is 20.3. The van der Waals surface area contributed by atoms with Gasteiger partial charge in [0.05, 0.1) is 23.9 Å². The normalized spacial score (nSPS) is 36.3. The summed E-state index contributed by atoms with van der Waals surface area (Å²) in [6, 6.07) is 0. The van der Waals surface area contributed by atoms with Gasteiger partial charge in [0.25, 0.3) is 0 Å². The van der Waals surface area contributed by atoms with Crippen molar-refractivity contribution in [2.24, 2.45) is 22.7 Å². The van der Waals surface area contributed by atoms with Gasteiger partial charge in [0, 0.05) is 25.7 Å². The molecule has 0 aliphatic heterocycles. The summed E-state index contributed by atoms with van der Waals surface area (Å²) >= 11 is 0. The molecule has 6 atom stereocenters. The lowest BCUT2D eigenvalue weighted by Gasteiger charge is -2.44. The highest BCUT2D eigenvalue weighted by Gasteiger charge is 2.58. The van der Waals surface area contributed by atoms with Crippen molar-refractivity contribution in [3.05, 3.63) is 23.3 Å². The van der Waals surface area contributed by atoms with E-state index in [0.29, 0.717) is 29.5 Å². The average molecular weight is 517 g/mol. The Morgan fingerprint density at radius 1 is 1.05 bits per heavy atom. The van der Waals surface area contributed by atoms with Gasteiger partial charge in [-0.2, -0.15) is 0 Å². The Labute approximate surface area is 227 Å². The zero-order valence-electron chi connectivity index (χ0n) is 24.8. The number of rotatable bonds is 12. The molecule has 0 aromatic carbocycles. The Balaban J connectivity index is 1.38. The maximum Gasteiger partial charge on any atom is 0.0693 e. The summed E-state index contributed by atoms with van der Waals surface area (Å²) in [4.78, 5) is 0. The van der Waals surface area contributed by atoms with Crippen LogP contribution in [0.2, 0.25) is 0 Å². The molecule has 0 aromatic heterocycles. The van der Waals surface area contributed by atoms with E-state index in [-0.39, 0.29) is 11.5 Å². The van der Waals surface area contributed by atoms with Gasteiger partial charge in [0.1, 0.15) is 0 Å². The largest absolute Gasteiger partial charge is 0.390 e. The first-order valence-electron chi connectivity index (χ1n) is 15.6. The van der Waals surface area contributed by atoms with Gasteiger partial charge in [-0.25, -0.2) is 0 Å². The maximum absolute atomic E-state index is 10.6. The van der Waals surface area contributed by atoms with Gasteiger partial charge in [-0.3, -0.25) is 0 Å². The number of ether oxygens (including phenoxy) is 3. The van der Waals surface area contributed by atoms with Crippen molar-refractivity contribution in [2.45, 2.75) is 142 Å². The molecule has 1 N–H and O–H groups in total. The molecule has 4 fully saturated rings. The van der Waals surface area contributed by atoms with E-state index in [0.717, 1.165) is 51.7 Å². The third-order valence-corrected chi connectivity index (χ3v) is 11.3. The third kappa shape index (κ3) is 6.08. The SMILES string of the molecule is CCOC1CC(=CC=C2CCCC3(C)C2CCC3C(C)OCCCC(O)(CC)CC)CC(OC)C12CC2. The predicted molar refractivity (Wildman–Crippen MR) is 152 cm³/mol. The molecule has 4 nitrogen and oxygen atoms in total. The predicted octanol–water partition coefficient (Wildman–Crippen LogP) is 7.79. The van der Waals surface area contributed by atoms with E-state index < -0.39 is 5.60 Å². The molecule has 212 valence electrons. The molecule has 0 bridgehead atoms.